The molecule has 0 saturated carbocycles. The molecule has 20 heavy (non-hydrogen) atoms. The fourth-order valence-corrected chi connectivity index (χ4v) is 2.93. The monoisotopic (exact) mass is 304 g/mol. The molecular formula is C13H12F4N2S. The summed E-state index contributed by atoms with van der Waals surface area (Å²) in [6.07, 6.45) is -4.28. The maximum atomic E-state index is 13.1. The molecule has 1 aromatic carbocycles. The lowest BCUT2D eigenvalue weighted by Crippen LogP contribution is -2.12. The molecule has 0 saturated heterocycles. The van der Waals surface area contributed by atoms with E-state index in [-0.39, 0.29) is 17.8 Å². The van der Waals surface area contributed by atoms with Gasteiger partial charge < -0.3 is 5.32 Å². The molecule has 1 N–H and O–H groups in total. The molecular weight excluding hydrogens is 292 g/mol. The van der Waals surface area contributed by atoms with Crippen LogP contribution in [0.3, 0.4) is 0 Å². The molecule has 0 bridgehead atoms. The number of nitrogens with zero attached hydrogens (tertiary/aromatic N) is 1. The quantitative estimate of drug-likeness (QED) is 0.873. The summed E-state index contributed by atoms with van der Waals surface area (Å²) < 4.78 is 51.6. The Balaban J connectivity index is 2.29. The Labute approximate surface area is 117 Å². The van der Waals surface area contributed by atoms with Gasteiger partial charge in [-0.25, -0.2) is 9.37 Å². The molecule has 0 aliphatic heterocycles. The number of halogens is 4. The summed E-state index contributed by atoms with van der Waals surface area (Å²) in [6, 6.07) is 5.78. The van der Waals surface area contributed by atoms with E-state index in [1.165, 1.54) is 18.2 Å². The van der Waals surface area contributed by atoms with Crippen molar-refractivity contribution in [1.29, 1.82) is 0 Å². The van der Waals surface area contributed by atoms with Crippen molar-refractivity contribution < 1.29 is 17.6 Å². The highest BCUT2D eigenvalue weighted by atomic mass is 32.1. The lowest BCUT2D eigenvalue weighted by Gasteiger charge is -2.04. The molecule has 0 aliphatic rings. The molecule has 7 heteroatoms. The van der Waals surface area contributed by atoms with Gasteiger partial charge in [0.25, 0.3) is 0 Å². The molecule has 0 spiro atoms. The Morgan fingerprint density at radius 2 is 2.05 bits per heavy atom. The number of hydrogen-bond donors (Lipinski definition) is 1. The first-order valence-corrected chi connectivity index (χ1v) is 6.66. The van der Waals surface area contributed by atoms with Crippen LogP contribution in [0.25, 0.3) is 0 Å². The standard InChI is InChI=1S/C13H12F4N2S/c1-18-7-10-12(13(15,16)17)19-11(20-10)6-8-3-2-4-9(14)5-8/h2-5,18H,6-7H2,1H3. The Morgan fingerprint density at radius 1 is 1.30 bits per heavy atom. The van der Waals surface area contributed by atoms with Crippen LogP contribution < -0.4 is 5.32 Å². The highest BCUT2D eigenvalue weighted by Crippen LogP contribution is 2.34. The summed E-state index contributed by atoms with van der Waals surface area (Å²) in [4.78, 5) is 3.80. The van der Waals surface area contributed by atoms with E-state index in [2.05, 4.69) is 10.3 Å². The number of benzene rings is 1. The van der Waals surface area contributed by atoms with E-state index in [0.29, 0.717) is 10.6 Å². The molecule has 2 rings (SSSR count). The summed E-state index contributed by atoms with van der Waals surface area (Å²) in [5.74, 6) is -0.412. The van der Waals surface area contributed by atoms with Gasteiger partial charge in [0.1, 0.15) is 5.82 Å². The highest BCUT2D eigenvalue weighted by Gasteiger charge is 2.37. The maximum absolute atomic E-state index is 13.1. The fourth-order valence-electron chi connectivity index (χ4n) is 1.80. The molecule has 0 atom stereocenters. The Kier molecular flexibility index (Phi) is 4.39. The van der Waals surface area contributed by atoms with E-state index in [9.17, 15) is 17.6 Å². The van der Waals surface area contributed by atoms with Crippen LogP contribution in [0.5, 0.6) is 0 Å². The van der Waals surface area contributed by atoms with Crippen LogP contribution in [-0.4, -0.2) is 12.0 Å². The van der Waals surface area contributed by atoms with Gasteiger partial charge in [0.05, 0.1) is 9.88 Å². The summed E-state index contributed by atoms with van der Waals surface area (Å²) >= 11 is 0.996. The van der Waals surface area contributed by atoms with Crippen LogP contribution in [0.2, 0.25) is 0 Å². The molecule has 2 aromatic rings. The van der Waals surface area contributed by atoms with Gasteiger partial charge >= 0.3 is 6.18 Å². The van der Waals surface area contributed by atoms with E-state index in [1.54, 1.807) is 13.1 Å². The summed E-state index contributed by atoms with van der Waals surface area (Å²) in [5, 5.41) is 3.02. The molecule has 0 fully saturated rings. The summed E-state index contributed by atoms with van der Waals surface area (Å²) in [5.41, 5.74) is -0.258. The van der Waals surface area contributed by atoms with Gasteiger partial charge in [-0.1, -0.05) is 12.1 Å². The van der Waals surface area contributed by atoms with Crippen molar-refractivity contribution in [2.75, 3.05) is 7.05 Å². The average Bonchev–Trinajstić information content (AvgIpc) is 2.72. The van der Waals surface area contributed by atoms with Crippen LogP contribution >= 0.6 is 11.3 Å². The zero-order valence-corrected chi connectivity index (χ0v) is 11.4. The summed E-state index contributed by atoms with van der Waals surface area (Å²) in [6.45, 7) is 0.107. The van der Waals surface area contributed by atoms with Gasteiger partial charge in [-0.05, 0) is 24.7 Å². The minimum absolute atomic E-state index is 0.107. The average molecular weight is 304 g/mol. The van der Waals surface area contributed by atoms with E-state index in [4.69, 9.17) is 0 Å². The maximum Gasteiger partial charge on any atom is 0.434 e. The molecule has 0 unspecified atom stereocenters. The number of nitrogens with one attached hydrogen (secondary N) is 1. The van der Waals surface area contributed by atoms with Crippen molar-refractivity contribution in [3.05, 3.63) is 51.2 Å². The lowest BCUT2D eigenvalue weighted by atomic mass is 10.1. The van der Waals surface area contributed by atoms with Crippen LogP contribution in [-0.2, 0) is 19.1 Å². The molecule has 0 amide bonds. The van der Waals surface area contributed by atoms with Crippen molar-refractivity contribution in [3.63, 3.8) is 0 Å². The largest absolute Gasteiger partial charge is 0.434 e. The number of aromatic nitrogens is 1. The zero-order valence-electron chi connectivity index (χ0n) is 10.6. The van der Waals surface area contributed by atoms with E-state index in [0.717, 1.165) is 11.3 Å². The third-order valence-electron chi connectivity index (χ3n) is 2.59. The predicted molar refractivity (Wildman–Crippen MR) is 69.1 cm³/mol. The second-order valence-electron chi connectivity index (χ2n) is 4.21. The summed E-state index contributed by atoms with van der Waals surface area (Å²) in [7, 11) is 1.58. The van der Waals surface area contributed by atoms with Gasteiger partial charge in [0.15, 0.2) is 5.69 Å². The van der Waals surface area contributed by atoms with Crippen molar-refractivity contribution in [1.82, 2.24) is 10.3 Å². The van der Waals surface area contributed by atoms with Gasteiger partial charge in [-0.2, -0.15) is 13.2 Å². The minimum atomic E-state index is -4.47. The fraction of sp³-hybridized carbons (Fsp3) is 0.308. The van der Waals surface area contributed by atoms with E-state index < -0.39 is 17.7 Å². The number of alkyl halides is 3. The van der Waals surface area contributed by atoms with Crippen molar-refractivity contribution in [2.24, 2.45) is 0 Å². The predicted octanol–water partition coefficient (Wildman–Crippen LogP) is 3.61. The lowest BCUT2D eigenvalue weighted by molar-refractivity contribution is -0.141. The van der Waals surface area contributed by atoms with Gasteiger partial charge in [-0.15, -0.1) is 11.3 Å². The number of rotatable bonds is 4. The molecule has 1 aromatic heterocycles. The van der Waals surface area contributed by atoms with Crippen LogP contribution in [0.4, 0.5) is 17.6 Å². The van der Waals surface area contributed by atoms with Crippen molar-refractivity contribution in [3.8, 4) is 0 Å². The Hall–Kier alpha value is -1.47. The number of hydrogen-bond acceptors (Lipinski definition) is 3. The normalized spacial score (nSPS) is 11.8. The van der Waals surface area contributed by atoms with Crippen molar-refractivity contribution in [2.45, 2.75) is 19.1 Å². The molecule has 0 aliphatic carbocycles. The molecule has 1 heterocycles. The second kappa shape index (κ2) is 5.88. The van der Waals surface area contributed by atoms with Gasteiger partial charge in [-0.3, -0.25) is 0 Å². The molecule has 0 radical (unpaired) electrons. The topological polar surface area (TPSA) is 24.9 Å². The first kappa shape index (κ1) is 14.9. The molecule has 2 nitrogen and oxygen atoms in total. The van der Waals surface area contributed by atoms with E-state index in [1.807, 2.05) is 0 Å². The smallest absolute Gasteiger partial charge is 0.315 e. The third-order valence-corrected chi connectivity index (χ3v) is 3.65. The Morgan fingerprint density at radius 3 is 2.65 bits per heavy atom. The van der Waals surface area contributed by atoms with Gasteiger partial charge in [0, 0.05) is 13.0 Å². The minimum Gasteiger partial charge on any atom is -0.315 e. The third kappa shape index (κ3) is 3.55. The van der Waals surface area contributed by atoms with Crippen molar-refractivity contribution >= 4 is 11.3 Å². The highest BCUT2D eigenvalue weighted by molar-refractivity contribution is 7.11. The van der Waals surface area contributed by atoms with E-state index >= 15 is 0 Å². The van der Waals surface area contributed by atoms with Gasteiger partial charge in [0.2, 0.25) is 0 Å². The van der Waals surface area contributed by atoms with Crippen LogP contribution in [0.15, 0.2) is 24.3 Å². The first-order valence-electron chi connectivity index (χ1n) is 5.85. The van der Waals surface area contributed by atoms with Crippen LogP contribution in [0.1, 0.15) is 21.1 Å². The Bertz CT molecular complexity index is 592. The first-order chi connectivity index (χ1) is 9.40. The molecule has 108 valence electrons. The van der Waals surface area contributed by atoms with Crippen LogP contribution in [0, 0.1) is 5.82 Å². The zero-order chi connectivity index (χ0) is 14.8. The number of thiazole rings is 1. The second-order valence-corrected chi connectivity index (χ2v) is 5.38. The SMILES string of the molecule is CNCc1sc(Cc2cccc(F)c2)nc1C(F)(F)F.